The van der Waals surface area contributed by atoms with Gasteiger partial charge in [-0.2, -0.15) is 0 Å². The fourth-order valence-electron chi connectivity index (χ4n) is 6.29. The molecule has 40 heavy (non-hydrogen) atoms. The number of aromatic nitrogens is 1. The summed E-state index contributed by atoms with van der Waals surface area (Å²) in [6, 6.07) is 15.9. The highest BCUT2D eigenvalue weighted by Gasteiger charge is 2.49. The largest absolute Gasteiger partial charge is 0.376 e. The van der Waals surface area contributed by atoms with Gasteiger partial charge in [-0.1, -0.05) is 71.4 Å². The molecule has 1 fully saturated rings. The van der Waals surface area contributed by atoms with Gasteiger partial charge in [0.15, 0.2) is 0 Å². The van der Waals surface area contributed by atoms with Gasteiger partial charge >= 0.3 is 0 Å². The number of Topliss-reactive ketones (excluding diaryl/α,β-unsaturated/α-hetero) is 1. The average molecular weight is 544 g/mol. The van der Waals surface area contributed by atoms with Crippen LogP contribution in [0.2, 0.25) is 0 Å². The van der Waals surface area contributed by atoms with Gasteiger partial charge in [0.05, 0.1) is 17.6 Å². The van der Waals surface area contributed by atoms with Crippen molar-refractivity contribution in [2.75, 3.05) is 6.61 Å². The van der Waals surface area contributed by atoms with E-state index in [2.05, 4.69) is 116 Å². The third-order valence-electron chi connectivity index (χ3n) is 8.64. The maximum atomic E-state index is 11.8. The lowest BCUT2D eigenvalue weighted by atomic mass is 9.89. The van der Waals surface area contributed by atoms with E-state index in [4.69, 9.17) is 4.74 Å². The molecule has 1 saturated carbocycles. The highest BCUT2D eigenvalue weighted by atomic mass is 16.5. The summed E-state index contributed by atoms with van der Waals surface area (Å²) in [4.78, 5) is 11.8. The Morgan fingerprint density at radius 3 is 2.17 bits per heavy atom. The summed E-state index contributed by atoms with van der Waals surface area (Å²) < 4.78 is 8.47. The molecule has 2 aliphatic carbocycles. The minimum atomic E-state index is -0.109. The van der Waals surface area contributed by atoms with Crippen LogP contribution in [0.25, 0.3) is 10.9 Å². The highest BCUT2D eigenvalue weighted by molar-refractivity contribution is 5.91. The van der Waals surface area contributed by atoms with Crippen LogP contribution in [0.4, 0.5) is 0 Å². The molecule has 2 aliphatic rings. The summed E-state index contributed by atoms with van der Waals surface area (Å²) in [6.45, 7) is 25.8. The normalized spacial score (nSPS) is 18.2. The summed E-state index contributed by atoms with van der Waals surface area (Å²) in [5, 5.41) is 1.35. The number of aryl methyl sites for hydroxylation is 1. The Labute approximate surface area is 243 Å². The van der Waals surface area contributed by atoms with Crippen LogP contribution in [0, 0.1) is 18.3 Å². The lowest BCUT2D eigenvalue weighted by Gasteiger charge is -2.26. The summed E-state index contributed by atoms with van der Waals surface area (Å²) in [5.74, 6) is 0.821. The molecular weight excluding hydrogens is 490 g/mol. The number of hydrogen-bond donors (Lipinski definition) is 0. The van der Waals surface area contributed by atoms with Crippen molar-refractivity contribution in [1.82, 2.24) is 4.57 Å². The van der Waals surface area contributed by atoms with E-state index in [0.29, 0.717) is 17.1 Å². The molecule has 1 heterocycles. The van der Waals surface area contributed by atoms with Crippen molar-refractivity contribution in [2.24, 2.45) is 11.3 Å². The predicted octanol–water partition coefficient (Wildman–Crippen LogP) is 9.13. The van der Waals surface area contributed by atoms with Crippen LogP contribution in [-0.4, -0.2) is 22.6 Å². The number of hydrogen-bond acceptors (Lipinski definition) is 2. The van der Waals surface area contributed by atoms with Crippen molar-refractivity contribution >= 4 is 16.7 Å². The molecule has 1 atom stereocenters. The Kier molecular flexibility index (Phi) is 8.24. The quantitative estimate of drug-likeness (QED) is 0.310. The first-order chi connectivity index (χ1) is 18.4. The summed E-state index contributed by atoms with van der Waals surface area (Å²) >= 11 is 0. The van der Waals surface area contributed by atoms with Gasteiger partial charge < -0.3 is 9.30 Å². The fourth-order valence-corrected chi connectivity index (χ4v) is 6.29. The zero-order chi connectivity index (χ0) is 29.7. The van der Waals surface area contributed by atoms with Gasteiger partial charge in [0.2, 0.25) is 0 Å². The highest BCUT2D eigenvalue weighted by Crippen LogP contribution is 2.50. The van der Waals surface area contributed by atoms with Gasteiger partial charge in [0.25, 0.3) is 0 Å². The number of rotatable bonds is 6. The number of nitrogens with zero attached hydrogens (tertiary/aromatic N) is 1. The van der Waals surface area contributed by atoms with E-state index in [9.17, 15) is 4.79 Å². The van der Waals surface area contributed by atoms with E-state index in [0.717, 1.165) is 32.4 Å². The van der Waals surface area contributed by atoms with E-state index in [1.807, 2.05) is 0 Å². The van der Waals surface area contributed by atoms with Crippen molar-refractivity contribution in [3.63, 3.8) is 0 Å². The molecule has 3 nitrogen and oxygen atoms in total. The molecule has 0 spiro atoms. The standard InChI is InChI=1S/C21H33NO.C16H20O/c1-15-9-10-18-17(11-15)12-19(20(3,4)5)22(18)13-16(2)14-23-21(6,7)8;1-11(17)16(6-7-16)14-5-4-12-9-15(2,3)10-13(12)8-14/h9-12,16H,13-14H2,1-8H3;4-5,8H,6-7,9-10H2,1-3H3. The molecule has 0 bridgehead atoms. The third-order valence-corrected chi connectivity index (χ3v) is 8.64. The SMILES string of the molecule is CC(=O)C1(c2ccc3c(c2)CC(C)(C)C3)CC1.Cc1ccc2c(c1)cc(C(C)(C)C)n2CC(C)COC(C)(C)C. The number of ketones is 1. The zero-order valence-corrected chi connectivity index (χ0v) is 27.1. The monoisotopic (exact) mass is 543 g/mol. The first-order valence-corrected chi connectivity index (χ1v) is 15.3. The number of ether oxygens (including phenoxy) is 1. The van der Waals surface area contributed by atoms with Crippen LogP contribution < -0.4 is 0 Å². The molecule has 0 aliphatic heterocycles. The number of fused-ring (bicyclic) bond motifs is 2. The smallest absolute Gasteiger partial charge is 0.140 e. The van der Waals surface area contributed by atoms with Gasteiger partial charge in [0.1, 0.15) is 5.78 Å². The Morgan fingerprint density at radius 2 is 1.60 bits per heavy atom. The summed E-state index contributed by atoms with van der Waals surface area (Å²) in [5.41, 5.74) is 8.63. The molecule has 1 aromatic heterocycles. The average Bonchev–Trinajstić information content (AvgIpc) is 3.47. The summed E-state index contributed by atoms with van der Waals surface area (Å²) in [7, 11) is 0. The third kappa shape index (κ3) is 6.90. The second-order valence-corrected chi connectivity index (χ2v) is 15.6. The van der Waals surface area contributed by atoms with Crippen LogP contribution in [0.1, 0.15) is 110 Å². The van der Waals surface area contributed by atoms with Crippen LogP contribution in [0.5, 0.6) is 0 Å². The lowest BCUT2D eigenvalue weighted by molar-refractivity contribution is -0.119. The molecule has 3 heteroatoms. The van der Waals surface area contributed by atoms with E-state index < -0.39 is 0 Å². The minimum absolute atomic E-state index is 0.0724. The molecule has 0 radical (unpaired) electrons. The van der Waals surface area contributed by atoms with Crippen molar-refractivity contribution in [1.29, 1.82) is 0 Å². The first kappa shape index (κ1) is 30.6. The van der Waals surface area contributed by atoms with Gasteiger partial charge in [-0.05, 0) is 107 Å². The Hall–Kier alpha value is -2.39. The predicted molar refractivity (Wildman–Crippen MR) is 169 cm³/mol. The minimum Gasteiger partial charge on any atom is -0.376 e. The molecule has 2 aromatic carbocycles. The summed E-state index contributed by atoms with van der Waals surface area (Å²) in [6.07, 6.45) is 4.43. The molecule has 3 aromatic rings. The molecule has 218 valence electrons. The van der Waals surface area contributed by atoms with Gasteiger partial charge in [-0.25, -0.2) is 0 Å². The fraction of sp³-hybridized carbons (Fsp3) is 0.595. The van der Waals surface area contributed by atoms with Crippen LogP contribution >= 0.6 is 0 Å². The number of benzene rings is 2. The molecular formula is C37H53NO2. The molecule has 0 amide bonds. The van der Waals surface area contributed by atoms with Gasteiger partial charge in [-0.15, -0.1) is 0 Å². The number of carbonyl (C=O) groups excluding carboxylic acids is 1. The van der Waals surface area contributed by atoms with Crippen LogP contribution in [0.15, 0.2) is 42.5 Å². The zero-order valence-electron chi connectivity index (χ0n) is 27.1. The second-order valence-electron chi connectivity index (χ2n) is 15.6. The first-order valence-electron chi connectivity index (χ1n) is 15.3. The Morgan fingerprint density at radius 1 is 0.950 bits per heavy atom. The van der Waals surface area contributed by atoms with Gasteiger partial charge in [0, 0.05) is 28.6 Å². The van der Waals surface area contributed by atoms with Crippen LogP contribution in [-0.2, 0) is 39.7 Å². The second kappa shape index (κ2) is 10.8. The lowest BCUT2D eigenvalue weighted by Crippen LogP contribution is -2.26. The van der Waals surface area contributed by atoms with Crippen molar-refractivity contribution in [3.05, 3.63) is 70.4 Å². The van der Waals surface area contributed by atoms with Gasteiger partial charge in [-0.3, -0.25) is 4.79 Å². The Balaban J connectivity index is 0.000000192. The van der Waals surface area contributed by atoms with E-state index in [1.165, 1.54) is 45.3 Å². The van der Waals surface area contributed by atoms with E-state index >= 15 is 0 Å². The number of carbonyl (C=O) groups is 1. The molecule has 0 N–H and O–H groups in total. The molecule has 0 saturated heterocycles. The topological polar surface area (TPSA) is 31.2 Å². The molecule has 5 rings (SSSR count). The maximum absolute atomic E-state index is 11.8. The van der Waals surface area contributed by atoms with Crippen LogP contribution in [0.3, 0.4) is 0 Å². The maximum Gasteiger partial charge on any atom is 0.140 e. The Bertz CT molecular complexity index is 1370. The van der Waals surface area contributed by atoms with E-state index in [-0.39, 0.29) is 16.4 Å². The van der Waals surface area contributed by atoms with E-state index in [1.54, 1.807) is 6.92 Å². The van der Waals surface area contributed by atoms with Crippen molar-refractivity contribution in [3.8, 4) is 0 Å². The van der Waals surface area contributed by atoms with Crippen molar-refractivity contribution in [2.45, 2.75) is 125 Å². The van der Waals surface area contributed by atoms with Crippen molar-refractivity contribution < 1.29 is 9.53 Å². The molecule has 1 unspecified atom stereocenters.